The first-order valence-corrected chi connectivity index (χ1v) is 8.04. The van der Waals surface area contributed by atoms with Crippen LogP contribution in [-0.4, -0.2) is 21.1 Å². The lowest BCUT2D eigenvalue weighted by molar-refractivity contribution is -0.384. The van der Waals surface area contributed by atoms with E-state index >= 15 is 0 Å². The molecule has 0 aliphatic carbocycles. The molecule has 1 atom stereocenters. The van der Waals surface area contributed by atoms with E-state index in [0.717, 1.165) is 0 Å². The van der Waals surface area contributed by atoms with E-state index < -0.39 is 10.2 Å². The Labute approximate surface area is 146 Å². The van der Waals surface area contributed by atoms with Crippen molar-refractivity contribution < 1.29 is 9.72 Å². The molecule has 1 N–H and O–H groups in total. The highest BCUT2D eigenvalue weighted by Gasteiger charge is 2.19. The van der Waals surface area contributed by atoms with Crippen molar-refractivity contribution in [3.63, 3.8) is 0 Å². The molecule has 120 valence electrons. The monoisotopic (exact) mass is 371 g/mol. The summed E-state index contributed by atoms with van der Waals surface area (Å²) < 4.78 is 0. The molecule has 0 spiro atoms. The number of nitrogens with one attached hydrogen (secondary N) is 1. The van der Waals surface area contributed by atoms with E-state index in [1.54, 1.807) is 25.3 Å². The number of rotatable bonds is 5. The van der Waals surface area contributed by atoms with Gasteiger partial charge in [-0.2, -0.15) is 0 Å². The maximum absolute atomic E-state index is 12.2. The summed E-state index contributed by atoms with van der Waals surface area (Å²) in [6.45, 7) is 1.68. The number of hydrogen-bond donors (Lipinski definition) is 1. The Hall–Kier alpha value is -1.83. The number of anilines is 1. The van der Waals surface area contributed by atoms with Gasteiger partial charge in [-0.15, -0.1) is 0 Å². The number of hydrogen-bond acceptors (Lipinski definition) is 5. The molecule has 0 fully saturated rings. The van der Waals surface area contributed by atoms with Gasteiger partial charge in [0.05, 0.1) is 25.9 Å². The summed E-state index contributed by atoms with van der Waals surface area (Å²) in [7, 11) is 0. The van der Waals surface area contributed by atoms with Crippen molar-refractivity contribution in [1.29, 1.82) is 0 Å². The summed E-state index contributed by atoms with van der Waals surface area (Å²) in [5.74, 6) is -0.362. The van der Waals surface area contributed by atoms with Crippen molar-refractivity contribution in [2.75, 3.05) is 5.32 Å². The van der Waals surface area contributed by atoms with E-state index in [-0.39, 0.29) is 22.3 Å². The smallest absolute Gasteiger partial charge is 0.271 e. The largest absolute Gasteiger partial charge is 0.324 e. The predicted octanol–water partition coefficient (Wildman–Crippen LogP) is 4.42. The van der Waals surface area contributed by atoms with Gasteiger partial charge in [-0.3, -0.25) is 14.9 Å². The standard InChI is InChI=1S/C14H11Cl2N3O3S/c1-8(23-14-11(16)3-2-6-17-14)13(20)18-12-7-9(19(21)22)4-5-10(12)15/h2-8H,1H3,(H,18,20). The minimum absolute atomic E-state index is 0.155. The second-order valence-corrected chi connectivity index (χ2v) is 6.60. The molecule has 9 heteroatoms. The summed E-state index contributed by atoms with van der Waals surface area (Å²) >= 11 is 13.1. The van der Waals surface area contributed by atoms with Crippen LogP contribution in [0.15, 0.2) is 41.6 Å². The van der Waals surface area contributed by atoms with Gasteiger partial charge >= 0.3 is 0 Å². The number of pyridine rings is 1. The molecule has 0 saturated heterocycles. The molecule has 0 radical (unpaired) electrons. The molecular weight excluding hydrogens is 361 g/mol. The summed E-state index contributed by atoms with van der Waals surface area (Å²) in [6.07, 6.45) is 1.58. The number of nitrogens with zero attached hydrogens (tertiary/aromatic N) is 2. The van der Waals surface area contributed by atoms with Crippen LogP contribution in [-0.2, 0) is 4.79 Å². The fourth-order valence-electron chi connectivity index (χ4n) is 1.64. The predicted molar refractivity (Wildman–Crippen MR) is 91.3 cm³/mol. The lowest BCUT2D eigenvalue weighted by Crippen LogP contribution is -2.22. The first-order chi connectivity index (χ1) is 10.9. The van der Waals surface area contributed by atoms with Gasteiger partial charge in [-0.05, 0) is 25.1 Å². The van der Waals surface area contributed by atoms with Crippen LogP contribution in [0.2, 0.25) is 10.0 Å². The first kappa shape index (κ1) is 17.5. The van der Waals surface area contributed by atoms with Crippen LogP contribution in [0.1, 0.15) is 6.92 Å². The molecule has 6 nitrogen and oxygen atoms in total. The molecule has 0 aliphatic heterocycles. The van der Waals surface area contributed by atoms with Gasteiger partial charge in [-0.25, -0.2) is 4.98 Å². The Morgan fingerprint density at radius 2 is 2.09 bits per heavy atom. The van der Waals surface area contributed by atoms with Gasteiger partial charge in [0.15, 0.2) is 0 Å². The number of halogens is 2. The highest BCUT2D eigenvalue weighted by molar-refractivity contribution is 8.00. The quantitative estimate of drug-likeness (QED) is 0.477. The molecule has 1 aromatic carbocycles. The van der Waals surface area contributed by atoms with Crippen LogP contribution in [0.4, 0.5) is 11.4 Å². The third-order valence-electron chi connectivity index (χ3n) is 2.80. The summed E-state index contributed by atoms with van der Waals surface area (Å²) in [4.78, 5) is 26.6. The second-order valence-electron chi connectivity index (χ2n) is 4.46. The Balaban J connectivity index is 2.11. The molecule has 1 heterocycles. The van der Waals surface area contributed by atoms with Crippen molar-refractivity contribution >= 4 is 52.2 Å². The van der Waals surface area contributed by atoms with Gasteiger partial charge in [0.2, 0.25) is 5.91 Å². The highest BCUT2D eigenvalue weighted by Crippen LogP contribution is 2.30. The van der Waals surface area contributed by atoms with Crippen LogP contribution < -0.4 is 5.32 Å². The Morgan fingerprint density at radius 1 is 1.35 bits per heavy atom. The van der Waals surface area contributed by atoms with Crippen LogP contribution in [0.5, 0.6) is 0 Å². The van der Waals surface area contributed by atoms with Gasteiger partial charge in [0.25, 0.3) is 5.69 Å². The fraction of sp³-hybridized carbons (Fsp3) is 0.143. The summed E-state index contributed by atoms with van der Waals surface area (Å²) in [5.41, 5.74) is 0.0308. The van der Waals surface area contributed by atoms with E-state index in [1.165, 1.54) is 30.0 Å². The van der Waals surface area contributed by atoms with Crippen molar-refractivity contribution in [1.82, 2.24) is 4.98 Å². The highest BCUT2D eigenvalue weighted by atomic mass is 35.5. The average Bonchev–Trinajstić information content (AvgIpc) is 2.51. The van der Waals surface area contributed by atoms with E-state index in [4.69, 9.17) is 23.2 Å². The van der Waals surface area contributed by atoms with Gasteiger partial charge in [0.1, 0.15) is 5.03 Å². The number of benzene rings is 1. The molecular formula is C14H11Cl2N3O3S. The molecule has 0 bridgehead atoms. The number of aromatic nitrogens is 1. The van der Waals surface area contributed by atoms with Crippen molar-refractivity contribution in [2.24, 2.45) is 0 Å². The molecule has 1 unspecified atom stereocenters. The normalized spacial score (nSPS) is 11.8. The average molecular weight is 372 g/mol. The number of carbonyl (C=O) groups is 1. The number of nitro benzene ring substituents is 1. The van der Waals surface area contributed by atoms with Crippen molar-refractivity contribution in [3.05, 3.63) is 56.7 Å². The summed E-state index contributed by atoms with van der Waals surface area (Å²) in [5, 5.41) is 14.0. The molecule has 1 aromatic heterocycles. The number of non-ortho nitro benzene ring substituents is 1. The number of nitro groups is 1. The third-order valence-corrected chi connectivity index (χ3v) is 4.66. The topological polar surface area (TPSA) is 85.1 Å². The van der Waals surface area contributed by atoms with E-state index in [0.29, 0.717) is 10.0 Å². The number of carbonyl (C=O) groups excluding carboxylic acids is 1. The zero-order valence-corrected chi connectivity index (χ0v) is 14.2. The zero-order chi connectivity index (χ0) is 17.0. The lowest BCUT2D eigenvalue weighted by Gasteiger charge is -2.13. The minimum atomic E-state index is -0.558. The summed E-state index contributed by atoms with van der Waals surface area (Å²) in [6, 6.07) is 7.22. The van der Waals surface area contributed by atoms with E-state index in [2.05, 4.69) is 10.3 Å². The van der Waals surface area contributed by atoms with Gasteiger partial charge in [-0.1, -0.05) is 35.0 Å². The maximum atomic E-state index is 12.2. The minimum Gasteiger partial charge on any atom is -0.324 e. The molecule has 2 aromatic rings. The SMILES string of the molecule is CC(Sc1ncccc1Cl)C(=O)Nc1cc([N+](=O)[O-])ccc1Cl. The number of amides is 1. The maximum Gasteiger partial charge on any atom is 0.271 e. The van der Waals surface area contributed by atoms with E-state index in [1.807, 2.05) is 0 Å². The van der Waals surface area contributed by atoms with Gasteiger partial charge in [0, 0.05) is 18.3 Å². The first-order valence-electron chi connectivity index (χ1n) is 6.40. The lowest BCUT2D eigenvalue weighted by atomic mass is 10.2. The second kappa shape index (κ2) is 7.63. The van der Waals surface area contributed by atoms with Crippen LogP contribution in [0.3, 0.4) is 0 Å². The molecule has 0 saturated carbocycles. The van der Waals surface area contributed by atoms with Crippen molar-refractivity contribution in [3.8, 4) is 0 Å². The van der Waals surface area contributed by atoms with Crippen LogP contribution >= 0.6 is 35.0 Å². The Morgan fingerprint density at radius 3 is 2.74 bits per heavy atom. The Kier molecular flexibility index (Phi) is 5.81. The number of thioether (sulfide) groups is 1. The third kappa shape index (κ3) is 4.57. The molecule has 0 aliphatic rings. The van der Waals surface area contributed by atoms with Crippen molar-refractivity contribution in [2.45, 2.75) is 17.2 Å². The van der Waals surface area contributed by atoms with Crippen LogP contribution in [0.25, 0.3) is 0 Å². The van der Waals surface area contributed by atoms with Crippen LogP contribution in [0, 0.1) is 10.1 Å². The molecule has 1 amide bonds. The van der Waals surface area contributed by atoms with E-state index in [9.17, 15) is 14.9 Å². The molecule has 23 heavy (non-hydrogen) atoms. The Bertz CT molecular complexity index is 758. The van der Waals surface area contributed by atoms with Gasteiger partial charge < -0.3 is 5.32 Å². The fourth-order valence-corrected chi connectivity index (χ4v) is 2.86. The molecule has 2 rings (SSSR count). The zero-order valence-electron chi connectivity index (χ0n) is 11.8.